The fraction of sp³-hybridized carbons (Fsp3) is 0.458. The fourth-order valence-corrected chi connectivity index (χ4v) is 9.72. The van der Waals surface area contributed by atoms with Crippen molar-refractivity contribution >= 4 is 40.3 Å². The Hall–Kier alpha value is -6.46. The van der Waals surface area contributed by atoms with E-state index in [1.54, 1.807) is 11.2 Å². The molecule has 2 aromatic carbocycles. The van der Waals surface area contributed by atoms with Crippen LogP contribution in [-0.2, 0) is 16.8 Å². The lowest BCUT2D eigenvalue weighted by Gasteiger charge is -2.38. The maximum absolute atomic E-state index is 13.0. The lowest BCUT2D eigenvalue weighted by atomic mass is 9.94. The fourth-order valence-electron chi connectivity index (χ4n) is 9.72. The summed E-state index contributed by atoms with van der Waals surface area (Å²) in [5.41, 5.74) is 9.36. The summed E-state index contributed by atoms with van der Waals surface area (Å²) in [5, 5.41) is 25.7. The monoisotopic (exact) mass is 882 g/mol. The third kappa shape index (κ3) is 8.99. The van der Waals surface area contributed by atoms with Crippen molar-refractivity contribution in [3.05, 3.63) is 89.1 Å². The second-order valence-corrected chi connectivity index (χ2v) is 18.8. The molecule has 0 bridgehead atoms. The molecule has 1 atom stereocenters. The molecule has 65 heavy (non-hydrogen) atoms. The Morgan fingerprint density at radius 2 is 1.69 bits per heavy atom. The van der Waals surface area contributed by atoms with Crippen molar-refractivity contribution in [3.8, 4) is 22.5 Å². The molecular formula is C48H58N12O5. The summed E-state index contributed by atoms with van der Waals surface area (Å²) in [4.78, 5) is 60.7. The van der Waals surface area contributed by atoms with Crippen molar-refractivity contribution in [1.82, 2.24) is 50.4 Å². The molecule has 4 aromatic heterocycles. The van der Waals surface area contributed by atoms with Crippen LogP contribution in [0.1, 0.15) is 111 Å². The van der Waals surface area contributed by atoms with Crippen LogP contribution >= 0.6 is 0 Å². The number of benzene rings is 2. The van der Waals surface area contributed by atoms with Gasteiger partial charge in [0.1, 0.15) is 12.0 Å². The predicted octanol–water partition coefficient (Wildman–Crippen LogP) is 6.77. The Kier molecular flexibility index (Phi) is 12.0. The molecule has 17 nitrogen and oxygen atoms in total. The van der Waals surface area contributed by atoms with E-state index in [0.29, 0.717) is 42.0 Å². The van der Waals surface area contributed by atoms with Gasteiger partial charge < -0.3 is 29.7 Å². The molecule has 4 amide bonds. The van der Waals surface area contributed by atoms with E-state index < -0.39 is 11.9 Å². The SMILES string of the molecule is Cc1nn(C2CCN(CC3CCN(c4ccc(N5CCC(=O)NC5=O)cc4)CC3)CC2)c(C)c1-c1cc2c(-c3ccc([C@@H](C)NC(=O)c4noc(C(C)(C)C)n4)c(CO)c3)ncnc2[nH]1. The van der Waals surface area contributed by atoms with Gasteiger partial charge in [0.15, 0.2) is 0 Å². The van der Waals surface area contributed by atoms with E-state index in [1.807, 2.05) is 58.0 Å². The number of aromatic amines is 1. The summed E-state index contributed by atoms with van der Waals surface area (Å²) in [7, 11) is 0. The van der Waals surface area contributed by atoms with E-state index in [9.17, 15) is 19.5 Å². The standard InChI is InChI=1S/C48H58N12O5/c1-28(51-45(63)44-54-46(65-56-44)48(4,5)6)37-12-7-32(23-33(37)26-61)42-38-24-39(52-43(38)50-27-49-42)41-29(2)55-60(30(41)3)36-15-18-57(19-16-36)25-31-13-20-58(21-14-31)34-8-10-35(11-9-34)59-22-17-40(62)53-47(59)64/h7-12,23-24,27-28,31,36,61H,13-22,25-26H2,1-6H3,(H,51,63)(H,49,50,52)(H,53,62,64)/t28-/m1/s1. The van der Waals surface area contributed by atoms with Gasteiger partial charge in [0, 0.05) is 84.7 Å². The lowest BCUT2D eigenvalue weighted by molar-refractivity contribution is -0.120. The number of urea groups is 1. The first kappa shape index (κ1) is 43.8. The number of nitrogens with zero attached hydrogens (tertiary/aromatic N) is 9. The number of aliphatic hydroxyl groups is 1. The molecule has 3 saturated heterocycles. The zero-order valence-electron chi connectivity index (χ0n) is 38.0. The third-order valence-corrected chi connectivity index (χ3v) is 13.3. The van der Waals surface area contributed by atoms with Gasteiger partial charge in [-0.3, -0.25) is 24.5 Å². The molecule has 3 aliphatic heterocycles. The minimum absolute atomic E-state index is 0.0356. The number of carbonyl (C=O) groups excluding carboxylic acids is 3. The Balaban J connectivity index is 0.815. The number of amides is 4. The van der Waals surface area contributed by atoms with Crippen molar-refractivity contribution in [2.45, 2.75) is 97.8 Å². The first-order chi connectivity index (χ1) is 31.2. The average Bonchev–Trinajstić information content (AvgIpc) is 4.04. The van der Waals surface area contributed by atoms with Gasteiger partial charge in [-0.05, 0) is 99.9 Å². The number of piperidine rings is 2. The highest BCUT2D eigenvalue weighted by molar-refractivity contribution is 6.05. The number of rotatable bonds is 11. The van der Waals surface area contributed by atoms with Crippen LogP contribution in [0.4, 0.5) is 16.2 Å². The number of imide groups is 1. The second kappa shape index (κ2) is 17.8. The molecule has 0 aliphatic carbocycles. The van der Waals surface area contributed by atoms with Crippen molar-refractivity contribution < 1.29 is 24.0 Å². The van der Waals surface area contributed by atoms with E-state index in [1.165, 1.54) is 5.69 Å². The van der Waals surface area contributed by atoms with Gasteiger partial charge in [-0.25, -0.2) is 14.8 Å². The van der Waals surface area contributed by atoms with E-state index in [2.05, 4.69) is 77.3 Å². The molecular weight excluding hydrogens is 825 g/mol. The van der Waals surface area contributed by atoms with Crippen LogP contribution in [0.25, 0.3) is 33.5 Å². The minimum atomic E-state index is -0.459. The van der Waals surface area contributed by atoms with Crippen molar-refractivity contribution in [3.63, 3.8) is 0 Å². The highest BCUT2D eigenvalue weighted by atomic mass is 16.5. The summed E-state index contributed by atoms with van der Waals surface area (Å²) < 4.78 is 7.54. The van der Waals surface area contributed by atoms with Crippen molar-refractivity contribution in [1.29, 1.82) is 0 Å². The molecule has 3 aliphatic rings. The van der Waals surface area contributed by atoms with Gasteiger partial charge in [0.2, 0.25) is 11.8 Å². The summed E-state index contributed by atoms with van der Waals surface area (Å²) in [5.74, 6) is 0.317. The zero-order chi connectivity index (χ0) is 45.6. The zero-order valence-corrected chi connectivity index (χ0v) is 38.0. The van der Waals surface area contributed by atoms with Gasteiger partial charge in [-0.15, -0.1) is 0 Å². The van der Waals surface area contributed by atoms with Crippen molar-refractivity contribution in [2.24, 2.45) is 5.92 Å². The minimum Gasteiger partial charge on any atom is -0.392 e. The van der Waals surface area contributed by atoms with Crippen LogP contribution in [0.15, 0.2) is 59.4 Å². The lowest BCUT2D eigenvalue weighted by Crippen LogP contribution is -2.49. The Morgan fingerprint density at radius 3 is 2.38 bits per heavy atom. The smallest absolute Gasteiger partial charge is 0.328 e. The number of H-pyrrole nitrogens is 1. The molecule has 0 unspecified atom stereocenters. The van der Waals surface area contributed by atoms with Crippen LogP contribution in [0, 0.1) is 19.8 Å². The number of aromatic nitrogens is 7. The topological polar surface area (TPSA) is 204 Å². The summed E-state index contributed by atoms with van der Waals surface area (Å²) in [6.07, 6.45) is 6.23. The van der Waals surface area contributed by atoms with Gasteiger partial charge in [-0.2, -0.15) is 10.1 Å². The molecule has 3 fully saturated rings. The average molecular weight is 883 g/mol. The Morgan fingerprint density at radius 1 is 0.954 bits per heavy atom. The van der Waals surface area contributed by atoms with E-state index in [0.717, 1.165) is 109 Å². The molecule has 6 aromatic rings. The van der Waals surface area contributed by atoms with Gasteiger partial charge in [0.05, 0.1) is 35.8 Å². The molecule has 0 spiro atoms. The maximum atomic E-state index is 13.0. The second-order valence-electron chi connectivity index (χ2n) is 18.8. The van der Waals surface area contributed by atoms with Crippen LogP contribution in [0.3, 0.4) is 0 Å². The van der Waals surface area contributed by atoms with Crippen LogP contribution < -0.4 is 20.4 Å². The first-order valence-electron chi connectivity index (χ1n) is 22.7. The molecule has 340 valence electrons. The number of aliphatic hydroxyl groups excluding tert-OH is 1. The number of likely N-dealkylation sites (tertiary alicyclic amines) is 1. The molecule has 4 N–H and O–H groups in total. The van der Waals surface area contributed by atoms with E-state index >= 15 is 0 Å². The van der Waals surface area contributed by atoms with Gasteiger partial charge in [-0.1, -0.05) is 38.1 Å². The Bertz CT molecular complexity index is 2720. The quantitative estimate of drug-likeness (QED) is 0.107. The number of aryl methyl sites for hydroxylation is 1. The first-order valence-corrected chi connectivity index (χ1v) is 22.7. The number of hydrogen-bond acceptors (Lipinski definition) is 12. The van der Waals surface area contributed by atoms with Crippen LogP contribution in [0.2, 0.25) is 0 Å². The van der Waals surface area contributed by atoms with E-state index in [-0.39, 0.29) is 29.8 Å². The summed E-state index contributed by atoms with van der Waals surface area (Å²) in [6.45, 7) is 17.3. The summed E-state index contributed by atoms with van der Waals surface area (Å²) >= 11 is 0. The summed E-state index contributed by atoms with van der Waals surface area (Å²) in [6, 6.07) is 15.5. The number of anilines is 2. The number of nitrogens with one attached hydrogen (secondary N) is 3. The largest absolute Gasteiger partial charge is 0.392 e. The Labute approximate surface area is 378 Å². The predicted molar refractivity (Wildman–Crippen MR) is 246 cm³/mol. The van der Waals surface area contributed by atoms with Gasteiger partial charge in [0.25, 0.3) is 11.7 Å². The van der Waals surface area contributed by atoms with Gasteiger partial charge >= 0.3 is 6.03 Å². The number of carbonyl (C=O) groups is 3. The highest BCUT2D eigenvalue weighted by Gasteiger charge is 2.30. The molecule has 9 rings (SSSR count). The molecule has 7 heterocycles. The highest BCUT2D eigenvalue weighted by Crippen LogP contribution is 2.37. The molecule has 17 heteroatoms. The molecule has 0 saturated carbocycles. The number of hydrogen-bond donors (Lipinski definition) is 4. The van der Waals surface area contributed by atoms with Crippen molar-refractivity contribution in [2.75, 3.05) is 49.1 Å². The maximum Gasteiger partial charge on any atom is 0.328 e. The normalized spacial score (nSPS) is 17.5. The van der Waals surface area contributed by atoms with Crippen LogP contribution in [0.5, 0.6) is 0 Å². The molecule has 0 radical (unpaired) electrons. The third-order valence-electron chi connectivity index (χ3n) is 13.3. The number of fused-ring (bicyclic) bond motifs is 1. The van der Waals surface area contributed by atoms with Crippen LogP contribution in [-0.4, -0.2) is 102 Å². The van der Waals surface area contributed by atoms with E-state index in [4.69, 9.17) is 14.6 Å².